The van der Waals surface area contributed by atoms with E-state index in [-0.39, 0.29) is 18.1 Å². The molecule has 0 radical (unpaired) electrons. The Bertz CT molecular complexity index is 956. The molecule has 27 heavy (non-hydrogen) atoms. The lowest BCUT2D eigenvalue weighted by molar-refractivity contribution is -0.384. The molecule has 3 rings (SSSR count). The molecule has 1 amide bonds. The predicted octanol–water partition coefficient (Wildman–Crippen LogP) is 4.57. The Hall–Kier alpha value is -3.74. The summed E-state index contributed by atoms with van der Waals surface area (Å²) in [7, 11) is 0. The van der Waals surface area contributed by atoms with E-state index in [9.17, 15) is 19.3 Å². The fourth-order valence-corrected chi connectivity index (χ4v) is 2.39. The Kier molecular flexibility index (Phi) is 5.41. The molecule has 0 saturated carbocycles. The lowest BCUT2D eigenvalue weighted by Crippen LogP contribution is -2.13. The number of carbonyl (C=O) groups is 1. The van der Waals surface area contributed by atoms with Gasteiger partial charge in [0.05, 0.1) is 10.5 Å². The molecule has 0 fully saturated rings. The van der Waals surface area contributed by atoms with Crippen LogP contribution in [0.15, 0.2) is 72.8 Å². The van der Waals surface area contributed by atoms with Crippen LogP contribution in [-0.2, 0) is 6.61 Å². The molecule has 0 heterocycles. The molecule has 1 N–H and O–H groups in total. The number of non-ortho nitro benzene ring substituents is 1. The van der Waals surface area contributed by atoms with Crippen LogP contribution in [0.2, 0.25) is 0 Å². The van der Waals surface area contributed by atoms with Gasteiger partial charge >= 0.3 is 0 Å². The van der Waals surface area contributed by atoms with E-state index in [4.69, 9.17) is 4.74 Å². The van der Waals surface area contributed by atoms with Crippen molar-refractivity contribution in [3.63, 3.8) is 0 Å². The summed E-state index contributed by atoms with van der Waals surface area (Å²) >= 11 is 0. The van der Waals surface area contributed by atoms with Crippen LogP contribution in [0.1, 0.15) is 15.9 Å². The van der Waals surface area contributed by atoms with Crippen LogP contribution in [0.4, 0.5) is 15.8 Å². The quantitative estimate of drug-likeness (QED) is 0.512. The number of rotatable bonds is 6. The third-order valence-electron chi connectivity index (χ3n) is 3.78. The van der Waals surface area contributed by atoms with Crippen molar-refractivity contribution < 1.29 is 18.8 Å². The molecule has 0 spiro atoms. The highest BCUT2D eigenvalue weighted by Crippen LogP contribution is 2.22. The number of amides is 1. The summed E-state index contributed by atoms with van der Waals surface area (Å²) < 4.78 is 18.7. The standard InChI is InChI=1S/C20H15FN2O4/c21-15-7-5-14(6-8-15)13-27-19-4-2-1-3-18(19)20(24)22-16-9-11-17(12-10-16)23(25)26/h1-12H,13H2,(H,22,24). The average molecular weight is 366 g/mol. The minimum absolute atomic E-state index is 0.0592. The van der Waals surface area contributed by atoms with Gasteiger partial charge < -0.3 is 10.1 Å². The van der Waals surface area contributed by atoms with Crippen LogP contribution < -0.4 is 10.1 Å². The number of benzene rings is 3. The molecule has 0 bridgehead atoms. The van der Waals surface area contributed by atoms with Crippen molar-refractivity contribution in [2.24, 2.45) is 0 Å². The summed E-state index contributed by atoms with van der Waals surface area (Å²) in [5.41, 5.74) is 1.45. The first kappa shape index (κ1) is 18.1. The maximum absolute atomic E-state index is 13.0. The molecule has 0 aliphatic carbocycles. The van der Waals surface area contributed by atoms with Crippen molar-refractivity contribution in [1.82, 2.24) is 0 Å². The van der Waals surface area contributed by atoms with Gasteiger partial charge in [0.1, 0.15) is 18.2 Å². The minimum Gasteiger partial charge on any atom is -0.488 e. The number of ether oxygens (including phenoxy) is 1. The molecule has 0 aliphatic rings. The van der Waals surface area contributed by atoms with Crippen molar-refractivity contribution >= 4 is 17.3 Å². The van der Waals surface area contributed by atoms with E-state index in [0.29, 0.717) is 17.0 Å². The van der Waals surface area contributed by atoms with E-state index in [1.54, 1.807) is 36.4 Å². The van der Waals surface area contributed by atoms with Gasteiger partial charge in [-0.15, -0.1) is 0 Å². The van der Waals surface area contributed by atoms with Crippen molar-refractivity contribution in [3.05, 3.63) is 99.9 Å². The molecular weight excluding hydrogens is 351 g/mol. The molecular formula is C20H15FN2O4. The van der Waals surface area contributed by atoms with Crippen LogP contribution >= 0.6 is 0 Å². The molecule has 0 aliphatic heterocycles. The first-order valence-electron chi connectivity index (χ1n) is 8.05. The van der Waals surface area contributed by atoms with Crippen molar-refractivity contribution in [1.29, 1.82) is 0 Å². The smallest absolute Gasteiger partial charge is 0.269 e. The number of anilines is 1. The predicted molar refractivity (Wildman–Crippen MR) is 98.2 cm³/mol. The minimum atomic E-state index is -0.510. The zero-order chi connectivity index (χ0) is 19.2. The van der Waals surface area contributed by atoms with Crippen molar-refractivity contribution in [3.8, 4) is 5.75 Å². The highest BCUT2D eigenvalue weighted by molar-refractivity contribution is 6.06. The molecule has 0 aromatic heterocycles. The summed E-state index contributed by atoms with van der Waals surface area (Å²) in [6.45, 7) is 0.183. The Balaban J connectivity index is 1.71. The number of nitrogens with one attached hydrogen (secondary N) is 1. The van der Waals surface area contributed by atoms with Crippen molar-refractivity contribution in [2.45, 2.75) is 6.61 Å². The normalized spacial score (nSPS) is 10.3. The molecule has 0 unspecified atom stereocenters. The first-order valence-corrected chi connectivity index (χ1v) is 8.05. The summed E-state index contributed by atoms with van der Waals surface area (Å²) in [6, 6.07) is 18.1. The number of hydrogen-bond acceptors (Lipinski definition) is 4. The van der Waals surface area contributed by atoms with Gasteiger partial charge in [-0.25, -0.2) is 4.39 Å². The highest BCUT2D eigenvalue weighted by Gasteiger charge is 2.13. The number of nitrogens with zero attached hydrogens (tertiary/aromatic N) is 1. The highest BCUT2D eigenvalue weighted by atomic mass is 19.1. The Morgan fingerprint density at radius 1 is 1.00 bits per heavy atom. The van der Waals surface area contributed by atoms with E-state index in [1.807, 2.05) is 0 Å². The Morgan fingerprint density at radius 2 is 1.67 bits per heavy atom. The van der Waals surface area contributed by atoms with E-state index < -0.39 is 10.8 Å². The van der Waals surface area contributed by atoms with Gasteiger partial charge in [-0.2, -0.15) is 0 Å². The molecule has 3 aromatic rings. The number of nitro groups is 1. The second-order valence-corrected chi connectivity index (χ2v) is 5.67. The van der Waals surface area contributed by atoms with E-state index in [1.165, 1.54) is 36.4 Å². The molecule has 7 heteroatoms. The van der Waals surface area contributed by atoms with E-state index >= 15 is 0 Å². The van der Waals surface area contributed by atoms with Gasteiger partial charge in [-0.05, 0) is 42.0 Å². The maximum atomic E-state index is 13.0. The van der Waals surface area contributed by atoms with Crippen LogP contribution in [-0.4, -0.2) is 10.8 Å². The molecule has 136 valence electrons. The van der Waals surface area contributed by atoms with E-state index in [0.717, 1.165) is 5.56 Å². The number of para-hydroxylation sites is 1. The number of nitro benzene ring substituents is 1. The van der Waals surface area contributed by atoms with Crippen LogP contribution in [0, 0.1) is 15.9 Å². The van der Waals surface area contributed by atoms with Crippen LogP contribution in [0.25, 0.3) is 0 Å². The molecule has 0 atom stereocenters. The van der Waals surface area contributed by atoms with Gasteiger partial charge in [0, 0.05) is 17.8 Å². The van der Waals surface area contributed by atoms with E-state index in [2.05, 4.69) is 5.32 Å². The Morgan fingerprint density at radius 3 is 2.33 bits per heavy atom. The maximum Gasteiger partial charge on any atom is 0.269 e. The van der Waals surface area contributed by atoms with Crippen LogP contribution in [0.5, 0.6) is 5.75 Å². The summed E-state index contributed by atoms with van der Waals surface area (Å²) in [4.78, 5) is 22.7. The monoisotopic (exact) mass is 366 g/mol. The van der Waals surface area contributed by atoms with Gasteiger partial charge in [0.25, 0.3) is 11.6 Å². The van der Waals surface area contributed by atoms with Gasteiger partial charge in [-0.1, -0.05) is 24.3 Å². The summed E-state index contributed by atoms with van der Waals surface area (Å²) in [5.74, 6) is -0.360. The zero-order valence-corrected chi connectivity index (χ0v) is 14.1. The second kappa shape index (κ2) is 8.09. The first-order chi connectivity index (χ1) is 13.0. The fraction of sp³-hybridized carbons (Fsp3) is 0.0500. The lowest BCUT2D eigenvalue weighted by Gasteiger charge is -2.12. The SMILES string of the molecule is O=C(Nc1ccc([N+](=O)[O-])cc1)c1ccccc1OCc1ccc(F)cc1. The fourth-order valence-electron chi connectivity index (χ4n) is 2.39. The third kappa shape index (κ3) is 4.66. The number of halogens is 1. The van der Waals surface area contributed by atoms with Gasteiger partial charge in [-0.3, -0.25) is 14.9 Å². The summed E-state index contributed by atoms with van der Waals surface area (Å²) in [6.07, 6.45) is 0. The zero-order valence-electron chi connectivity index (χ0n) is 14.1. The number of carbonyl (C=O) groups excluding carboxylic acids is 1. The second-order valence-electron chi connectivity index (χ2n) is 5.67. The lowest BCUT2D eigenvalue weighted by atomic mass is 10.1. The molecule has 6 nitrogen and oxygen atoms in total. The summed E-state index contributed by atoms with van der Waals surface area (Å²) in [5, 5.41) is 13.4. The largest absolute Gasteiger partial charge is 0.488 e. The van der Waals surface area contributed by atoms with Gasteiger partial charge in [0.2, 0.25) is 0 Å². The third-order valence-corrected chi connectivity index (χ3v) is 3.78. The van der Waals surface area contributed by atoms with Crippen LogP contribution in [0.3, 0.4) is 0 Å². The number of hydrogen-bond donors (Lipinski definition) is 1. The van der Waals surface area contributed by atoms with Gasteiger partial charge in [0.15, 0.2) is 0 Å². The molecule has 0 saturated heterocycles. The topological polar surface area (TPSA) is 81.5 Å². The van der Waals surface area contributed by atoms with Crippen molar-refractivity contribution in [2.75, 3.05) is 5.32 Å². The molecule has 3 aromatic carbocycles. The Labute approximate surface area is 154 Å². The average Bonchev–Trinajstić information content (AvgIpc) is 2.68.